The van der Waals surface area contributed by atoms with E-state index in [1.54, 1.807) is 0 Å². The molecule has 0 unspecified atom stereocenters. The Hall–Kier alpha value is -2.73. The second-order valence-electron chi connectivity index (χ2n) is 26.1. The topological polar surface area (TPSA) is 9.23 Å². The molecule has 0 aliphatic heterocycles. The molecular weight excluding hydrogens is 745 g/mol. The smallest absolute Gasteiger partial charge is 0.229 e. The zero-order chi connectivity index (χ0) is 45.3. The number of rotatable bonds is 6. The molecule has 4 aromatic carbocycles. The maximum absolute atomic E-state index is 8.52. The molecule has 0 fully saturated rings. The summed E-state index contributed by atoms with van der Waals surface area (Å²) in [6.07, 6.45) is 0. The Labute approximate surface area is 368 Å². The summed E-state index contributed by atoms with van der Waals surface area (Å²) in [6.45, 7) is 56.9. The first-order chi connectivity index (χ1) is 26.3. The fraction of sp³-hybridized carbons (Fsp3) is 0.571. The Balaban J connectivity index is 2.30. The van der Waals surface area contributed by atoms with Crippen LogP contribution in [-0.2, 0) is 47.4 Å². The third-order valence-corrected chi connectivity index (χ3v) is 18.8. The van der Waals surface area contributed by atoms with Gasteiger partial charge in [0, 0.05) is 0 Å². The van der Waals surface area contributed by atoms with Gasteiger partial charge in [0.05, 0.1) is 0 Å². The van der Waals surface area contributed by atoms with Gasteiger partial charge in [0.25, 0.3) is 0 Å². The molecule has 0 amide bonds. The third-order valence-electron chi connectivity index (χ3n) is 12.3. The molecule has 0 saturated carbocycles. The quantitative estimate of drug-likeness (QED) is 0.176. The van der Waals surface area contributed by atoms with Crippen molar-refractivity contribution in [1.29, 1.82) is 0 Å². The molecule has 0 heterocycles. The number of hydrogen-bond donors (Lipinski definition) is 0. The second kappa shape index (κ2) is 16.2. The molecule has 0 radical (unpaired) electrons. The van der Waals surface area contributed by atoms with Crippen molar-refractivity contribution in [3.63, 3.8) is 0 Å². The van der Waals surface area contributed by atoms with E-state index in [4.69, 9.17) is 4.12 Å². The summed E-state index contributed by atoms with van der Waals surface area (Å²) in [5.74, 6) is 0. The van der Waals surface area contributed by atoms with E-state index in [9.17, 15) is 0 Å². The van der Waals surface area contributed by atoms with Crippen molar-refractivity contribution in [2.24, 2.45) is 0 Å². The van der Waals surface area contributed by atoms with Gasteiger partial charge in [0.15, 0.2) is 0 Å². The Morgan fingerprint density at radius 3 is 0.559 bits per heavy atom. The predicted octanol–water partition coefficient (Wildman–Crippen LogP) is 12.5. The van der Waals surface area contributed by atoms with Crippen molar-refractivity contribution in [2.45, 2.75) is 209 Å². The Kier molecular flexibility index (Phi) is 13.4. The van der Waals surface area contributed by atoms with Crippen molar-refractivity contribution < 1.29 is 4.12 Å². The predicted molar refractivity (Wildman–Crippen MR) is 269 cm³/mol. The largest absolute Gasteiger partial charge is 0.446 e. The van der Waals surface area contributed by atoms with Gasteiger partial charge in [-0.3, -0.25) is 0 Å². The first kappa shape index (κ1) is 48.9. The van der Waals surface area contributed by atoms with Crippen molar-refractivity contribution in [3.8, 4) is 0 Å². The second-order valence-corrected chi connectivity index (χ2v) is 31.2. The number of hydrogen-bond acceptors (Lipinski definition) is 1. The molecule has 0 bridgehead atoms. The standard InChI is InChI=1S/C56H86OSi2/c1-49(2,3)37-25-29-45(41(33-37)53(13,14)15)58(46-30-26-38(50(4,5)6)34-42(46)54(16,17)18)57-59(47-31-27-39(51(7,8)9)35-43(47)55(19,20)21)48-32-28-40(52(10,11)12)36-44(48)56(22,23)24/h25-36,58-59H,1-24H3. The lowest BCUT2D eigenvalue weighted by atomic mass is 9.80. The van der Waals surface area contributed by atoms with Crippen LogP contribution < -0.4 is 20.7 Å². The van der Waals surface area contributed by atoms with Gasteiger partial charge in [-0.25, -0.2) is 0 Å². The maximum Gasteiger partial charge on any atom is 0.229 e. The van der Waals surface area contributed by atoms with Crippen LogP contribution >= 0.6 is 0 Å². The van der Waals surface area contributed by atoms with Crippen molar-refractivity contribution in [2.75, 3.05) is 0 Å². The van der Waals surface area contributed by atoms with Gasteiger partial charge in [-0.2, -0.15) is 0 Å². The van der Waals surface area contributed by atoms with Crippen LogP contribution in [0.25, 0.3) is 0 Å². The zero-order valence-electron chi connectivity index (χ0n) is 42.5. The van der Waals surface area contributed by atoms with E-state index in [1.807, 2.05) is 0 Å². The van der Waals surface area contributed by atoms with Crippen molar-refractivity contribution in [1.82, 2.24) is 0 Å². The molecule has 0 aliphatic carbocycles. The van der Waals surface area contributed by atoms with E-state index in [0.29, 0.717) is 0 Å². The van der Waals surface area contributed by atoms with Gasteiger partial charge in [0.2, 0.25) is 18.1 Å². The highest BCUT2D eigenvalue weighted by atomic mass is 28.4. The minimum Gasteiger partial charge on any atom is -0.446 e. The molecule has 59 heavy (non-hydrogen) atoms. The van der Waals surface area contributed by atoms with E-state index >= 15 is 0 Å². The lowest BCUT2D eigenvalue weighted by Gasteiger charge is -2.38. The van der Waals surface area contributed by atoms with Crippen LogP contribution in [0.5, 0.6) is 0 Å². The fourth-order valence-corrected chi connectivity index (χ4v) is 16.8. The normalized spacial score (nSPS) is 14.1. The van der Waals surface area contributed by atoms with Crippen LogP contribution in [-0.4, -0.2) is 18.1 Å². The summed E-state index contributed by atoms with van der Waals surface area (Å²) < 4.78 is 8.52. The molecule has 1 nitrogen and oxygen atoms in total. The highest BCUT2D eigenvalue weighted by Gasteiger charge is 2.39. The Morgan fingerprint density at radius 1 is 0.254 bits per heavy atom. The first-order valence-electron chi connectivity index (χ1n) is 22.6. The molecule has 3 heteroatoms. The summed E-state index contributed by atoms with van der Waals surface area (Å²) in [7, 11) is -4.91. The molecule has 0 saturated heterocycles. The molecule has 0 atom stereocenters. The molecule has 0 spiro atoms. The van der Waals surface area contributed by atoms with Crippen LogP contribution in [0.15, 0.2) is 72.8 Å². The van der Waals surface area contributed by atoms with E-state index in [-0.39, 0.29) is 43.3 Å². The highest BCUT2D eigenvalue weighted by molar-refractivity contribution is 6.92. The first-order valence-corrected chi connectivity index (χ1v) is 25.8. The van der Waals surface area contributed by atoms with Crippen LogP contribution in [0.1, 0.15) is 211 Å². The molecular formula is C56H86OSi2. The summed E-state index contributed by atoms with van der Waals surface area (Å²) in [6, 6.07) is 29.8. The van der Waals surface area contributed by atoms with E-state index in [1.165, 1.54) is 65.3 Å². The average molecular weight is 831 g/mol. The maximum atomic E-state index is 8.52. The van der Waals surface area contributed by atoms with Crippen molar-refractivity contribution in [3.05, 3.63) is 117 Å². The molecule has 324 valence electrons. The minimum atomic E-state index is -2.45. The van der Waals surface area contributed by atoms with Crippen LogP contribution in [0, 0.1) is 0 Å². The molecule has 4 rings (SSSR count). The van der Waals surface area contributed by atoms with Gasteiger partial charge >= 0.3 is 0 Å². The lowest BCUT2D eigenvalue weighted by Crippen LogP contribution is -2.60. The highest BCUT2D eigenvalue weighted by Crippen LogP contribution is 2.34. The minimum absolute atomic E-state index is 0.0332. The summed E-state index contributed by atoms with van der Waals surface area (Å²) in [5, 5.41) is 5.68. The SMILES string of the molecule is CC(C)(C)c1ccc([SiH](O[SiH](c2ccc(C(C)(C)C)cc2C(C)(C)C)c2ccc(C(C)(C)C)cc2C(C)(C)C)c2ccc(C(C)(C)C)cc2C(C)(C)C)c(C(C)(C)C)c1. The molecule has 4 aromatic rings. The van der Waals surface area contributed by atoms with Crippen LogP contribution in [0.4, 0.5) is 0 Å². The van der Waals surface area contributed by atoms with Gasteiger partial charge in [0.1, 0.15) is 0 Å². The summed E-state index contributed by atoms with van der Waals surface area (Å²) in [5.41, 5.74) is 11.0. The van der Waals surface area contributed by atoms with E-state index in [2.05, 4.69) is 239 Å². The van der Waals surface area contributed by atoms with Crippen LogP contribution in [0.2, 0.25) is 0 Å². The Bertz CT molecular complexity index is 1810. The fourth-order valence-electron chi connectivity index (χ4n) is 8.37. The lowest BCUT2D eigenvalue weighted by molar-refractivity contribution is 0.562. The van der Waals surface area contributed by atoms with E-state index < -0.39 is 18.1 Å². The summed E-state index contributed by atoms with van der Waals surface area (Å²) >= 11 is 0. The Morgan fingerprint density at radius 2 is 0.424 bits per heavy atom. The van der Waals surface area contributed by atoms with Crippen molar-refractivity contribution >= 4 is 38.8 Å². The molecule has 0 aromatic heterocycles. The van der Waals surface area contributed by atoms with Gasteiger partial charge in [-0.1, -0.05) is 239 Å². The molecule has 0 aliphatic rings. The average Bonchev–Trinajstić information content (AvgIpc) is 3.05. The monoisotopic (exact) mass is 831 g/mol. The zero-order valence-corrected chi connectivity index (χ0v) is 44.8. The summed E-state index contributed by atoms with van der Waals surface area (Å²) in [4.78, 5) is 0. The van der Waals surface area contributed by atoms with Gasteiger partial charge in [-0.15, -0.1) is 0 Å². The third kappa shape index (κ3) is 11.4. The molecule has 0 N–H and O–H groups in total. The van der Waals surface area contributed by atoms with Crippen LogP contribution in [0.3, 0.4) is 0 Å². The van der Waals surface area contributed by atoms with Gasteiger partial charge < -0.3 is 4.12 Å². The number of benzene rings is 4. The van der Waals surface area contributed by atoms with Gasteiger partial charge in [-0.05, 0) is 109 Å². The van der Waals surface area contributed by atoms with E-state index in [0.717, 1.165) is 0 Å².